The molecule has 102 valence electrons. The summed E-state index contributed by atoms with van der Waals surface area (Å²) in [5.41, 5.74) is 7.85. The number of pyridine rings is 1. The summed E-state index contributed by atoms with van der Waals surface area (Å²) in [5.74, 6) is 0. The van der Waals surface area contributed by atoms with Gasteiger partial charge >= 0.3 is 0 Å². The lowest BCUT2D eigenvalue weighted by Gasteiger charge is -2.03. The largest absolute Gasteiger partial charge is 0.375 e. The monoisotopic (exact) mass is 305 g/mol. The highest BCUT2D eigenvalue weighted by molar-refractivity contribution is 7.90. The molecule has 0 saturated carbocycles. The molecule has 1 aromatic carbocycles. The second-order valence-corrected chi connectivity index (χ2v) is 7.40. The predicted octanol–water partition coefficient (Wildman–Crippen LogP) is 2.34. The van der Waals surface area contributed by atoms with Gasteiger partial charge in [-0.2, -0.15) is 0 Å². The average Bonchev–Trinajstić information content (AvgIpc) is 2.77. The van der Waals surface area contributed by atoms with Crippen LogP contribution in [0.2, 0.25) is 0 Å². The van der Waals surface area contributed by atoms with E-state index in [-0.39, 0.29) is 4.90 Å². The topological polar surface area (TPSA) is 85.9 Å². The van der Waals surface area contributed by atoms with Crippen molar-refractivity contribution >= 4 is 36.7 Å². The minimum Gasteiger partial charge on any atom is -0.375 e. The van der Waals surface area contributed by atoms with Crippen LogP contribution in [0.4, 0.5) is 5.13 Å². The van der Waals surface area contributed by atoms with Crippen LogP contribution < -0.4 is 5.73 Å². The molecule has 2 heterocycles. The third-order valence-electron chi connectivity index (χ3n) is 2.83. The molecule has 2 N–H and O–H groups in total. The van der Waals surface area contributed by atoms with E-state index in [1.54, 1.807) is 18.2 Å². The summed E-state index contributed by atoms with van der Waals surface area (Å²) in [5, 5.41) is 0.467. The van der Waals surface area contributed by atoms with Crippen LogP contribution in [0, 0.1) is 0 Å². The van der Waals surface area contributed by atoms with Crippen molar-refractivity contribution in [3.63, 3.8) is 0 Å². The Balaban J connectivity index is 2.15. The summed E-state index contributed by atoms with van der Waals surface area (Å²) in [6, 6.07) is 10.4. The highest BCUT2D eigenvalue weighted by atomic mass is 32.2. The van der Waals surface area contributed by atoms with Crippen molar-refractivity contribution < 1.29 is 8.42 Å². The Hall–Kier alpha value is -1.99. The maximum absolute atomic E-state index is 11.6. The second kappa shape index (κ2) is 4.53. The Labute approximate surface area is 120 Å². The normalized spacial score (nSPS) is 11.8. The van der Waals surface area contributed by atoms with E-state index >= 15 is 0 Å². The fourth-order valence-corrected chi connectivity index (χ4v) is 3.25. The predicted molar refractivity (Wildman–Crippen MR) is 80.4 cm³/mol. The molecule has 0 atom stereocenters. The van der Waals surface area contributed by atoms with Crippen LogP contribution >= 0.6 is 11.3 Å². The molecule has 0 aliphatic heterocycles. The summed E-state index contributed by atoms with van der Waals surface area (Å²) < 4.78 is 23.2. The van der Waals surface area contributed by atoms with Crippen LogP contribution in [0.1, 0.15) is 0 Å². The van der Waals surface area contributed by atoms with E-state index in [2.05, 4.69) is 9.97 Å². The van der Waals surface area contributed by atoms with Crippen molar-refractivity contribution in [3.8, 4) is 11.3 Å². The number of sulfone groups is 1. The van der Waals surface area contributed by atoms with E-state index in [0.29, 0.717) is 10.8 Å². The van der Waals surface area contributed by atoms with E-state index in [1.165, 1.54) is 17.6 Å². The van der Waals surface area contributed by atoms with Gasteiger partial charge in [0.15, 0.2) is 15.0 Å². The lowest BCUT2D eigenvalue weighted by molar-refractivity contribution is 0.602. The molecule has 3 rings (SSSR count). The van der Waals surface area contributed by atoms with Gasteiger partial charge in [-0.25, -0.2) is 18.4 Å². The molecule has 7 heteroatoms. The van der Waals surface area contributed by atoms with Crippen LogP contribution in [0.5, 0.6) is 0 Å². The van der Waals surface area contributed by atoms with Crippen molar-refractivity contribution in [1.82, 2.24) is 9.97 Å². The van der Waals surface area contributed by atoms with Gasteiger partial charge < -0.3 is 5.73 Å². The SMILES string of the molecule is CS(=O)(=O)c1cccc(-c2ccc3nc(N)sc3n2)c1. The zero-order valence-electron chi connectivity index (χ0n) is 10.6. The smallest absolute Gasteiger partial charge is 0.182 e. The minimum atomic E-state index is -3.23. The molecule has 0 radical (unpaired) electrons. The summed E-state index contributed by atoms with van der Waals surface area (Å²) >= 11 is 1.31. The van der Waals surface area contributed by atoms with Gasteiger partial charge in [0, 0.05) is 11.8 Å². The molecule has 0 saturated heterocycles. The molecule has 0 aliphatic carbocycles. The number of thiazole rings is 1. The minimum absolute atomic E-state index is 0.278. The number of aromatic nitrogens is 2. The Kier molecular flexibility index (Phi) is 2.95. The second-order valence-electron chi connectivity index (χ2n) is 4.37. The number of nitrogens with two attached hydrogens (primary N) is 1. The Bertz CT molecular complexity index is 901. The lowest BCUT2D eigenvalue weighted by atomic mass is 10.1. The molecule has 2 aromatic heterocycles. The summed E-state index contributed by atoms with van der Waals surface area (Å²) in [6.07, 6.45) is 1.19. The molecule has 0 fully saturated rings. The van der Waals surface area contributed by atoms with E-state index in [1.807, 2.05) is 18.2 Å². The summed E-state index contributed by atoms with van der Waals surface area (Å²) in [4.78, 5) is 9.63. The molecular formula is C13H11N3O2S2. The van der Waals surface area contributed by atoms with Crippen LogP contribution in [0.15, 0.2) is 41.3 Å². The van der Waals surface area contributed by atoms with Crippen LogP contribution in [0.25, 0.3) is 21.6 Å². The number of benzene rings is 1. The quantitative estimate of drug-likeness (QED) is 0.785. The summed E-state index contributed by atoms with van der Waals surface area (Å²) in [6.45, 7) is 0. The van der Waals surface area contributed by atoms with Gasteiger partial charge in [-0.3, -0.25) is 0 Å². The maximum Gasteiger partial charge on any atom is 0.182 e. The number of hydrogen-bond donors (Lipinski definition) is 1. The van der Waals surface area contributed by atoms with Crippen LogP contribution in [-0.2, 0) is 9.84 Å². The first-order chi connectivity index (χ1) is 9.43. The number of nitrogen functional groups attached to an aromatic ring is 1. The third kappa shape index (κ3) is 2.37. The van der Waals surface area contributed by atoms with Gasteiger partial charge in [0.1, 0.15) is 10.3 Å². The van der Waals surface area contributed by atoms with Crippen molar-refractivity contribution in [2.75, 3.05) is 12.0 Å². The number of fused-ring (bicyclic) bond motifs is 1. The molecule has 0 amide bonds. The van der Waals surface area contributed by atoms with E-state index in [0.717, 1.165) is 15.9 Å². The molecular weight excluding hydrogens is 294 g/mol. The molecule has 0 bridgehead atoms. The number of anilines is 1. The standard InChI is InChI=1S/C13H11N3O2S2/c1-20(17,18)9-4-2-3-8(7-9)10-5-6-11-12(15-10)19-13(14)16-11/h2-7H,1H3,(H2,14,16). The van der Waals surface area contributed by atoms with Crippen molar-refractivity contribution in [2.45, 2.75) is 4.90 Å². The van der Waals surface area contributed by atoms with Gasteiger partial charge in [0.05, 0.1) is 10.6 Å². The first-order valence-electron chi connectivity index (χ1n) is 5.77. The van der Waals surface area contributed by atoms with Crippen LogP contribution in [-0.4, -0.2) is 24.6 Å². The van der Waals surface area contributed by atoms with E-state index in [9.17, 15) is 8.42 Å². The van der Waals surface area contributed by atoms with Crippen molar-refractivity contribution in [3.05, 3.63) is 36.4 Å². The van der Waals surface area contributed by atoms with Gasteiger partial charge in [0.25, 0.3) is 0 Å². The van der Waals surface area contributed by atoms with Crippen molar-refractivity contribution in [2.24, 2.45) is 0 Å². The van der Waals surface area contributed by atoms with Gasteiger partial charge in [0.2, 0.25) is 0 Å². The molecule has 0 spiro atoms. The molecule has 0 aliphatic rings. The zero-order valence-corrected chi connectivity index (χ0v) is 12.2. The highest BCUT2D eigenvalue weighted by Gasteiger charge is 2.10. The summed E-state index contributed by atoms with van der Waals surface area (Å²) in [7, 11) is -3.23. The fraction of sp³-hybridized carbons (Fsp3) is 0.0769. The van der Waals surface area contributed by atoms with Gasteiger partial charge in [-0.05, 0) is 24.3 Å². The van der Waals surface area contributed by atoms with Gasteiger partial charge in [-0.1, -0.05) is 23.5 Å². The van der Waals surface area contributed by atoms with Gasteiger partial charge in [-0.15, -0.1) is 0 Å². The Morgan fingerprint density at radius 2 is 1.95 bits per heavy atom. The Morgan fingerprint density at radius 3 is 2.70 bits per heavy atom. The number of nitrogens with zero attached hydrogens (tertiary/aromatic N) is 2. The van der Waals surface area contributed by atoms with Crippen LogP contribution in [0.3, 0.4) is 0 Å². The van der Waals surface area contributed by atoms with E-state index < -0.39 is 9.84 Å². The van der Waals surface area contributed by atoms with E-state index in [4.69, 9.17) is 5.73 Å². The Morgan fingerprint density at radius 1 is 1.15 bits per heavy atom. The fourth-order valence-electron chi connectivity index (χ4n) is 1.88. The molecule has 3 aromatic rings. The number of rotatable bonds is 2. The average molecular weight is 305 g/mol. The van der Waals surface area contributed by atoms with Crippen molar-refractivity contribution in [1.29, 1.82) is 0 Å². The lowest BCUT2D eigenvalue weighted by Crippen LogP contribution is -1.97. The number of hydrogen-bond acceptors (Lipinski definition) is 6. The zero-order chi connectivity index (χ0) is 14.3. The third-order valence-corrected chi connectivity index (χ3v) is 4.73. The highest BCUT2D eigenvalue weighted by Crippen LogP contribution is 2.26. The first-order valence-corrected chi connectivity index (χ1v) is 8.48. The maximum atomic E-state index is 11.6. The molecule has 20 heavy (non-hydrogen) atoms. The molecule has 5 nitrogen and oxygen atoms in total. The molecule has 0 unspecified atom stereocenters. The first kappa shape index (κ1) is 13.0.